The number of carbonyl (C=O) groups is 1. The fourth-order valence-electron chi connectivity index (χ4n) is 4.08. The lowest BCUT2D eigenvalue weighted by molar-refractivity contribution is -0.125. The first-order valence-electron chi connectivity index (χ1n) is 8.38. The van der Waals surface area contributed by atoms with Crippen LogP contribution in [0.4, 0.5) is 4.39 Å². The van der Waals surface area contributed by atoms with E-state index < -0.39 is 0 Å². The number of benzene rings is 1. The monoisotopic (exact) mass is 340 g/mol. The third-order valence-corrected chi connectivity index (χ3v) is 5.46. The summed E-state index contributed by atoms with van der Waals surface area (Å²) in [5.74, 6) is 0.00360. The van der Waals surface area contributed by atoms with Crippen molar-refractivity contribution >= 4 is 18.3 Å². The van der Waals surface area contributed by atoms with Gasteiger partial charge in [-0.3, -0.25) is 4.79 Å². The topological polar surface area (TPSA) is 55.1 Å². The van der Waals surface area contributed by atoms with Crippen LogP contribution in [0.2, 0.25) is 0 Å². The first kappa shape index (κ1) is 18.2. The molecule has 1 amide bonds. The molecule has 5 heteroatoms. The minimum atomic E-state index is -0.208. The average molecular weight is 341 g/mol. The van der Waals surface area contributed by atoms with Gasteiger partial charge in [-0.15, -0.1) is 12.4 Å². The zero-order chi connectivity index (χ0) is 15.6. The molecular formula is C18H26ClFN2O. The summed E-state index contributed by atoms with van der Waals surface area (Å²) in [5.41, 5.74) is 7.02. The third-order valence-electron chi connectivity index (χ3n) is 5.46. The van der Waals surface area contributed by atoms with Crippen LogP contribution in [0, 0.1) is 11.7 Å². The van der Waals surface area contributed by atoms with E-state index in [0.29, 0.717) is 6.54 Å². The first-order chi connectivity index (χ1) is 10.6. The van der Waals surface area contributed by atoms with E-state index in [0.717, 1.165) is 37.7 Å². The molecule has 3 N–H and O–H groups in total. The second-order valence-electron chi connectivity index (χ2n) is 6.98. The smallest absolute Gasteiger partial charge is 0.223 e. The summed E-state index contributed by atoms with van der Waals surface area (Å²) in [7, 11) is 0. The van der Waals surface area contributed by atoms with E-state index in [4.69, 9.17) is 5.73 Å². The van der Waals surface area contributed by atoms with Crippen LogP contribution in [0.15, 0.2) is 24.3 Å². The Hall–Kier alpha value is -1.13. The van der Waals surface area contributed by atoms with Crippen LogP contribution in [0.25, 0.3) is 0 Å². The second kappa shape index (κ2) is 7.63. The van der Waals surface area contributed by atoms with Gasteiger partial charge in [-0.25, -0.2) is 4.39 Å². The first-order valence-corrected chi connectivity index (χ1v) is 8.38. The van der Waals surface area contributed by atoms with Crippen molar-refractivity contribution in [1.82, 2.24) is 5.32 Å². The molecule has 3 rings (SSSR count). The number of halogens is 2. The molecule has 2 aliphatic carbocycles. The Balaban J connectivity index is 0.00000192. The Labute approximate surface area is 143 Å². The van der Waals surface area contributed by atoms with Crippen LogP contribution in [-0.2, 0) is 10.2 Å². The van der Waals surface area contributed by atoms with Gasteiger partial charge in [-0.05, 0) is 49.8 Å². The maximum absolute atomic E-state index is 13.2. The van der Waals surface area contributed by atoms with E-state index in [-0.39, 0.29) is 41.5 Å². The minimum absolute atomic E-state index is 0. The quantitative estimate of drug-likeness (QED) is 0.883. The zero-order valence-corrected chi connectivity index (χ0v) is 14.2. The lowest BCUT2D eigenvalue weighted by Crippen LogP contribution is -2.41. The highest BCUT2D eigenvalue weighted by Gasteiger charge is 2.37. The van der Waals surface area contributed by atoms with E-state index in [1.807, 2.05) is 12.1 Å². The number of carbonyl (C=O) groups excluding carboxylic acids is 1. The van der Waals surface area contributed by atoms with Gasteiger partial charge in [0.1, 0.15) is 5.82 Å². The van der Waals surface area contributed by atoms with Crippen LogP contribution in [0.5, 0.6) is 0 Å². The molecule has 0 saturated heterocycles. The Morgan fingerprint density at radius 2 is 1.87 bits per heavy atom. The molecule has 0 bridgehead atoms. The van der Waals surface area contributed by atoms with E-state index in [1.165, 1.54) is 25.0 Å². The molecule has 0 aliphatic heterocycles. The van der Waals surface area contributed by atoms with Gasteiger partial charge in [0.2, 0.25) is 5.91 Å². The van der Waals surface area contributed by atoms with Gasteiger partial charge in [-0.2, -0.15) is 0 Å². The maximum Gasteiger partial charge on any atom is 0.223 e. The zero-order valence-electron chi connectivity index (χ0n) is 13.4. The van der Waals surface area contributed by atoms with Crippen molar-refractivity contribution in [2.24, 2.45) is 11.7 Å². The summed E-state index contributed by atoms with van der Waals surface area (Å²) in [4.78, 5) is 12.3. The summed E-state index contributed by atoms with van der Waals surface area (Å²) in [5, 5.41) is 3.15. The van der Waals surface area contributed by atoms with Gasteiger partial charge in [-0.1, -0.05) is 25.0 Å². The number of nitrogens with two attached hydrogens (primary N) is 1. The van der Waals surface area contributed by atoms with E-state index in [2.05, 4.69) is 5.32 Å². The van der Waals surface area contributed by atoms with Crippen molar-refractivity contribution in [3.63, 3.8) is 0 Å². The number of rotatable bonds is 4. The summed E-state index contributed by atoms with van der Waals surface area (Å²) >= 11 is 0. The van der Waals surface area contributed by atoms with Crippen LogP contribution in [0.3, 0.4) is 0 Å². The van der Waals surface area contributed by atoms with Gasteiger partial charge in [0.05, 0.1) is 0 Å². The van der Waals surface area contributed by atoms with Crippen molar-refractivity contribution in [3.05, 3.63) is 35.6 Å². The lowest BCUT2D eigenvalue weighted by atomic mass is 9.78. The Kier molecular flexibility index (Phi) is 6.04. The van der Waals surface area contributed by atoms with Gasteiger partial charge in [0, 0.05) is 23.9 Å². The largest absolute Gasteiger partial charge is 0.355 e. The molecule has 2 saturated carbocycles. The fourth-order valence-corrected chi connectivity index (χ4v) is 4.08. The normalized spacial score (nSPS) is 25.8. The van der Waals surface area contributed by atoms with E-state index in [9.17, 15) is 9.18 Å². The van der Waals surface area contributed by atoms with Gasteiger partial charge in [0.15, 0.2) is 0 Å². The predicted molar refractivity (Wildman–Crippen MR) is 92.1 cm³/mol. The molecule has 1 aromatic carbocycles. The molecule has 0 heterocycles. The standard InChI is InChI=1S/C18H25FN2O.ClH/c19-15-6-4-14(5-7-15)18(9-1-2-10-18)12-21-17(22)13-3-8-16(20)11-13;/h4-7,13,16H,1-3,8-12,20H2,(H,21,22);1H. The second-order valence-corrected chi connectivity index (χ2v) is 6.98. The lowest BCUT2D eigenvalue weighted by Gasteiger charge is -2.30. The van der Waals surface area contributed by atoms with Crippen molar-refractivity contribution < 1.29 is 9.18 Å². The molecule has 2 aliphatic rings. The number of amides is 1. The predicted octanol–water partition coefficient (Wildman–Crippen LogP) is 3.30. The molecule has 0 radical (unpaired) electrons. The van der Waals surface area contributed by atoms with Crippen molar-refractivity contribution in [2.75, 3.05) is 6.54 Å². The van der Waals surface area contributed by atoms with Crippen molar-refractivity contribution in [2.45, 2.75) is 56.4 Å². The number of nitrogens with one attached hydrogen (secondary N) is 1. The summed E-state index contributed by atoms with van der Waals surface area (Å²) < 4.78 is 13.2. The van der Waals surface area contributed by atoms with Gasteiger partial charge in [0.25, 0.3) is 0 Å². The Bertz CT molecular complexity index is 528. The minimum Gasteiger partial charge on any atom is -0.355 e. The van der Waals surface area contributed by atoms with Crippen LogP contribution >= 0.6 is 12.4 Å². The summed E-state index contributed by atoms with van der Waals surface area (Å²) in [6, 6.07) is 6.96. The summed E-state index contributed by atoms with van der Waals surface area (Å²) in [6.45, 7) is 0.656. The molecule has 23 heavy (non-hydrogen) atoms. The maximum atomic E-state index is 13.2. The molecule has 128 valence electrons. The van der Waals surface area contributed by atoms with Gasteiger partial charge < -0.3 is 11.1 Å². The fraction of sp³-hybridized carbons (Fsp3) is 0.611. The summed E-state index contributed by atoms with van der Waals surface area (Å²) in [6.07, 6.45) is 7.10. The van der Waals surface area contributed by atoms with Crippen molar-refractivity contribution in [3.8, 4) is 0 Å². The number of hydrogen-bond donors (Lipinski definition) is 2. The SMILES string of the molecule is Cl.NC1CCC(C(=O)NCC2(c3ccc(F)cc3)CCCC2)C1. The molecule has 1 aromatic rings. The van der Waals surface area contributed by atoms with E-state index >= 15 is 0 Å². The third kappa shape index (κ3) is 4.04. The highest BCUT2D eigenvalue weighted by molar-refractivity contribution is 5.85. The molecule has 3 nitrogen and oxygen atoms in total. The molecule has 2 unspecified atom stereocenters. The molecule has 0 aromatic heterocycles. The van der Waals surface area contributed by atoms with E-state index in [1.54, 1.807) is 0 Å². The molecular weight excluding hydrogens is 315 g/mol. The highest BCUT2D eigenvalue weighted by atomic mass is 35.5. The Morgan fingerprint density at radius 3 is 2.43 bits per heavy atom. The average Bonchev–Trinajstić information content (AvgIpc) is 3.15. The Morgan fingerprint density at radius 1 is 1.22 bits per heavy atom. The number of hydrogen-bond acceptors (Lipinski definition) is 2. The molecule has 2 fully saturated rings. The highest BCUT2D eigenvalue weighted by Crippen LogP contribution is 2.40. The van der Waals surface area contributed by atoms with Crippen LogP contribution in [-0.4, -0.2) is 18.5 Å². The molecule has 2 atom stereocenters. The van der Waals surface area contributed by atoms with Gasteiger partial charge >= 0.3 is 0 Å². The van der Waals surface area contributed by atoms with Crippen LogP contribution < -0.4 is 11.1 Å². The van der Waals surface area contributed by atoms with Crippen LogP contribution in [0.1, 0.15) is 50.5 Å². The van der Waals surface area contributed by atoms with Crippen molar-refractivity contribution in [1.29, 1.82) is 0 Å². The molecule has 0 spiro atoms.